The molecule has 1 aliphatic heterocycles. The first-order chi connectivity index (χ1) is 15.0. The standard InChI is InChI=1S/C21H27N7O2S/c1-4-6-18-26-21(30-27-18)17-10-22-13(2)24-19(17)28-8-5-7-15(11-28)20(29)23-9-16-12-31-14(3)25-16/h10,12,15H,4-9,11H2,1-3H3,(H,23,29). The quantitative estimate of drug-likeness (QED) is 0.596. The maximum absolute atomic E-state index is 12.8. The number of hydrogen-bond acceptors (Lipinski definition) is 9. The van der Waals surface area contributed by atoms with Crippen molar-refractivity contribution in [1.29, 1.82) is 0 Å². The fourth-order valence-corrected chi connectivity index (χ4v) is 4.35. The molecule has 0 saturated carbocycles. The van der Waals surface area contributed by atoms with Crippen molar-refractivity contribution in [2.75, 3.05) is 18.0 Å². The Balaban J connectivity index is 1.49. The van der Waals surface area contributed by atoms with Crippen molar-refractivity contribution >= 4 is 23.1 Å². The van der Waals surface area contributed by atoms with E-state index >= 15 is 0 Å². The molecule has 0 radical (unpaired) electrons. The van der Waals surface area contributed by atoms with Gasteiger partial charge in [0.15, 0.2) is 5.82 Å². The van der Waals surface area contributed by atoms with E-state index in [1.165, 1.54) is 0 Å². The van der Waals surface area contributed by atoms with Crippen LogP contribution in [0, 0.1) is 19.8 Å². The zero-order chi connectivity index (χ0) is 21.8. The topological polar surface area (TPSA) is 110 Å². The van der Waals surface area contributed by atoms with Gasteiger partial charge in [-0.1, -0.05) is 12.1 Å². The highest BCUT2D eigenvalue weighted by molar-refractivity contribution is 7.09. The Bertz CT molecular complexity index is 1050. The van der Waals surface area contributed by atoms with Crippen LogP contribution in [-0.2, 0) is 17.8 Å². The molecular weight excluding hydrogens is 414 g/mol. The molecule has 3 aromatic rings. The smallest absolute Gasteiger partial charge is 0.263 e. The van der Waals surface area contributed by atoms with Gasteiger partial charge < -0.3 is 14.7 Å². The summed E-state index contributed by atoms with van der Waals surface area (Å²) >= 11 is 1.59. The highest BCUT2D eigenvalue weighted by Crippen LogP contribution is 2.31. The highest BCUT2D eigenvalue weighted by Gasteiger charge is 2.29. The minimum absolute atomic E-state index is 0.0469. The van der Waals surface area contributed by atoms with Crippen LogP contribution in [-0.4, -0.2) is 44.1 Å². The van der Waals surface area contributed by atoms with Crippen LogP contribution in [0.15, 0.2) is 16.1 Å². The van der Waals surface area contributed by atoms with E-state index in [9.17, 15) is 4.79 Å². The van der Waals surface area contributed by atoms with Gasteiger partial charge in [0, 0.05) is 31.1 Å². The molecule has 3 aromatic heterocycles. The Labute approximate surface area is 185 Å². The first kappa shape index (κ1) is 21.4. The number of rotatable bonds is 7. The van der Waals surface area contributed by atoms with Crippen molar-refractivity contribution in [1.82, 2.24) is 30.4 Å². The lowest BCUT2D eigenvalue weighted by molar-refractivity contribution is -0.125. The number of thiazole rings is 1. The van der Waals surface area contributed by atoms with Crippen LogP contribution in [0.25, 0.3) is 11.5 Å². The molecule has 31 heavy (non-hydrogen) atoms. The summed E-state index contributed by atoms with van der Waals surface area (Å²) in [5.74, 6) is 2.44. The molecule has 1 unspecified atom stereocenters. The molecule has 1 fully saturated rings. The third-order valence-corrected chi connectivity index (χ3v) is 6.09. The number of carbonyl (C=O) groups excluding carboxylic acids is 1. The second-order valence-corrected chi connectivity index (χ2v) is 8.84. The normalized spacial score (nSPS) is 16.5. The van der Waals surface area contributed by atoms with Crippen LogP contribution in [0.5, 0.6) is 0 Å². The van der Waals surface area contributed by atoms with Gasteiger partial charge in [0.25, 0.3) is 5.89 Å². The summed E-state index contributed by atoms with van der Waals surface area (Å²) in [6.07, 6.45) is 5.19. The van der Waals surface area contributed by atoms with Crippen molar-refractivity contribution in [3.63, 3.8) is 0 Å². The molecule has 4 rings (SSSR count). The molecule has 1 aliphatic rings. The van der Waals surface area contributed by atoms with Crippen LogP contribution in [0.2, 0.25) is 0 Å². The van der Waals surface area contributed by atoms with E-state index < -0.39 is 0 Å². The fourth-order valence-electron chi connectivity index (χ4n) is 3.73. The second kappa shape index (κ2) is 9.51. The molecule has 1 amide bonds. The van der Waals surface area contributed by atoms with Gasteiger partial charge in [-0.2, -0.15) is 4.98 Å². The summed E-state index contributed by atoms with van der Waals surface area (Å²) < 4.78 is 5.49. The van der Waals surface area contributed by atoms with E-state index in [0.717, 1.165) is 48.7 Å². The molecule has 0 bridgehead atoms. The molecular formula is C21H27N7O2S. The van der Waals surface area contributed by atoms with Gasteiger partial charge in [0.1, 0.15) is 17.2 Å². The number of carbonyl (C=O) groups is 1. The number of aromatic nitrogens is 5. The Kier molecular flexibility index (Phi) is 6.55. The summed E-state index contributed by atoms with van der Waals surface area (Å²) in [5, 5.41) is 10.1. The Morgan fingerprint density at radius 1 is 1.32 bits per heavy atom. The van der Waals surface area contributed by atoms with Crippen LogP contribution in [0.1, 0.15) is 48.5 Å². The fraction of sp³-hybridized carbons (Fsp3) is 0.524. The first-order valence-corrected chi connectivity index (χ1v) is 11.5. The van der Waals surface area contributed by atoms with Crippen LogP contribution in [0.4, 0.5) is 5.82 Å². The molecule has 0 spiro atoms. The largest absolute Gasteiger partial charge is 0.355 e. The molecule has 1 saturated heterocycles. The zero-order valence-corrected chi connectivity index (χ0v) is 18.9. The van der Waals surface area contributed by atoms with Gasteiger partial charge in [-0.3, -0.25) is 4.79 Å². The molecule has 0 aromatic carbocycles. The summed E-state index contributed by atoms with van der Waals surface area (Å²) in [5.41, 5.74) is 1.61. The number of aryl methyl sites for hydroxylation is 3. The molecule has 10 heteroatoms. The van der Waals surface area contributed by atoms with E-state index in [1.54, 1.807) is 17.5 Å². The van der Waals surface area contributed by atoms with E-state index in [1.807, 2.05) is 19.2 Å². The van der Waals surface area contributed by atoms with Crippen LogP contribution in [0.3, 0.4) is 0 Å². The molecule has 0 aliphatic carbocycles. The molecule has 1 N–H and O–H groups in total. The predicted molar refractivity (Wildman–Crippen MR) is 118 cm³/mol. The summed E-state index contributed by atoms with van der Waals surface area (Å²) in [6.45, 7) is 7.75. The lowest BCUT2D eigenvalue weighted by Crippen LogP contribution is -2.43. The lowest BCUT2D eigenvalue weighted by Gasteiger charge is -2.33. The Morgan fingerprint density at radius 3 is 2.97 bits per heavy atom. The predicted octanol–water partition coefficient (Wildman–Crippen LogP) is 3.09. The number of hydrogen-bond donors (Lipinski definition) is 1. The average molecular weight is 442 g/mol. The molecule has 164 valence electrons. The number of amides is 1. The summed E-state index contributed by atoms with van der Waals surface area (Å²) in [6, 6.07) is 0. The van der Waals surface area contributed by atoms with Gasteiger partial charge >= 0.3 is 0 Å². The minimum atomic E-state index is -0.116. The van der Waals surface area contributed by atoms with E-state index in [0.29, 0.717) is 36.2 Å². The lowest BCUT2D eigenvalue weighted by atomic mass is 9.96. The Hall–Kier alpha value is -2.88. The number of piperidine rings is 1. The van der Waals surface area contributed by atoms with Crippen LogP contribution >= 0.6 is 11.3 Å². The van der Waals surface area contributed by atoms with Gasteiger partial charge in [-0.25, -0.2) is 15.0 Å². The van der Waals surface area contributed by atoms with E-state index in [2.05, 4.69) is 42.2 Å². The average Bonchev–Trinajstić information content (AvgIpc) is 3.41. The van der Waals surface area contributed by atoms with Crippen molar-refractivity contribution < 1.29 is 9.32 Å². The molecule has 9 nitrogen and oxygen atoms in total. The van der Waals surface area contributed by atoms with Crippen molar-refractivity contribution in [3.05, 3.63) is 33.9 Å². The number of anilines is 1. The molecule has 4 heterocycles. The van der Waals surface area contributed by atoms with Crippen LogP contribution < -0.4 is 10.2 Å². The number of nitrogens with one attached hydrogen (secondary N) is 1. The van der Waals surface area contributed by atoms with Crippen molar-refractivity contribution in [3.8, 4) is 11.5 Å². The third-order valence-electron chi connectivity index (χ3n) is 5.26. The van der Waals surface area contributed by atoms with Crippen molar-refractivity contribution in [2.24, 2.45) is 5.92 Å². The Morgan fingerprint density at radius 2 is 2.19 bits per heavy atom. The van der Waals surface area contributed by atoms with Gasteiger partial charge in [0.05, 0.1) is 23.2 Å². The second-order valence-electron chi connectivity index (χ2n) is 7.78. The van der Waals surface area contributed by atoms with Gasteiger partial charge in [-0.15, -0.1) is 11.3 Å². The minimum Gasteiger partial charge on any atom is -0.355 e. The summed E-state index contributed by atoms with van der Waals surface area (Å²) in [4.78, 5) is 32.9. The zero-order valence-electron chi connectivity index (χ0n) is 18.1. The van der Waals surface area contributed by atoms with E-state index in [-0.39, 0.29) is 11.8 Å². The third kappa shape index (κ3) is 5.07. The maximum Gasteiger partial charge on any atom is 0.263 e. The number of nitrogens with zero attached hydrogens (tertiary/aromatic N) is 6. The van der Waals surface area contributed by atoms with Crippen molar-refractivity contribution in [2.45, 2.75) is 53.0 Å². The first-order valence-electron chi connectivity index (χ1n) is 10.6. The highest BCUT2D eigenvalue weighted by atomic mass is 32.1. The summed E-state index contributed by atoms with van der Waals surface area (Å²) in [7, 11) is 0. The van der Waals surface area contributed by atoms with Gasteiger partial charge in [0.2, 0.25) is 5.91 Å². The monoisotopic (exact) mass is 441 g/mol. The maximum atomic E-state index is 12.8. The molecule has 1 atom stereocenters. The SMILES string of the molecule is CCCc1noc(-c2cnc(C)nc2N2CCCC(C(=O)NCc3csc(C)n3)C2)n1. The van der Waals surface area contributed by atoms with E-state index in [4.69, 9.17) is 4.52 Å². The van der Waals surface area contributed by atoms with Gasteiger partial charge in [-0.05, 0) is 33.1 Å².